The Bertz CT molecular complexity index is 469. The van der Waals surface area contributed by atoms with E-state index in [4.69, 9.17) is 19.5 Å². The fourth-order valence-corrected chi connectivity index (χ4v) is 1.64. The second-order valence-electron chi connectivity index (χ2n) is 3.65. The van der Waals surface area contributed by atoms with E-state index in [2.05, 4.69) is 5.32 Å². The van der Waals surface area contributed by atoms with Gasteiger partial charge in [-0.3, -0.25) is 4.79 Å². The lowest BCUT2D eigenvalue weighted by Gasteiger charge is -2.14. The minimum Gasteiger partial charge on any atom is -0.493 e. The molecule has 6 heteroatoms. The molecule has 19 heavy (non-hydrogen) atoms. The zero-order chi connectivity index (χ0) is 14.3. The van der Waals surface area contributed by atoms with Crippen LogP contribution in [0.4, 0.5) is 0 Å². The Hall–Kier alpha value is -2.42. The summed E-state index contributed by atoms with van der Waals surface area (Å²) in [5, 5.41) is 10.8. The Morgan fingerprint density at radius 3 is 2.21 bits per heavy atom. The number of hydrogen-bond acceptors (Lipinski definition) is 5. The van der Waals surface area contributed by atoms with Crippen molar-refractivity contribution in [1.29, 1.82) is 5.26 Å². The van der Waals surface area contributed by atoms with Crippen molar-refractivity contribution in [3.05, 3.63) is 17.7 Å². The van der Waals surface area contributed by atoms with Gasteiger partial charge < -0.3 is 19.5 Å². The van der Waals surface area contributed by atoms with Gasteiger partial charge in [-0.25, -0.2) is 0 Å². The number of methoxy groups -OCH3 is 3. The van der Waals surface area contributed by atoms with Crippen molar-refractivity contribution in [2.75, 3.05) is 27.9 Å². The number of ether oxygens (including phenoxy) is 3. The van der Waals surface area contributed by atoms with Crippen LogP contribution < -0.4 is 19.5 Å². The summed E-state index contributed by atoms with van der Waals surface area (Å²) in [7, 11) is 4.62. The number of nitrogens with one attached hydrogen (secondary N) is 1. The van der Waals surface area contributed by atoms with E-state index in [9.17, 15) is 4.79 Å². The Balaban J connectivity index is 2.85. The second-order valence-corrected chi connectivity index (χ2v) is 3.65. The predicted octanol–water partition coefficient (Wildman–Crippen LogP) is 0.895. The molecule has 0 saturated carbocycles. The van der Waals surface area contributed by atoms with Crippen molar-refractivity contribution in [2.45, 2.75) is 6.42 Å². The first-order chi connectivity index (χ1) is 9.15. The van der Waals surface area contributed by atoms with Crippen molar-refractivity contribution in [3.8, 4) is 23.3 Å². The number of nitriles is 1. The van der Waals surface area contributed by atoms with Crippen LogP contribution in [0, 0.1) is 11.3 Å². The van der Waals surface area contributed by atoms with Gasteiger partial charge in [-0.05, 0) is 24.1 Å². The molecule has 0 aliphatic carbocycles. The number of amides is 1. The molecule has 0 spiro atoms. The monoisotopic (exact) mass is 264 g/mol. The van der Waals surface area contributed by atoms with E-state index < -0.39 is 5.91 Å². The molecule has 0 bridgehead atoms. The summed E-state index contributed by atoms with van der Waals surface area (Å²) < 4.78 is 15.7. The molecular formula is C13H16N2O4. The molecule has 1 amide bonds. The van der Waals surface area contributed by atoms with Gasteiger partial charge in [0, 0.05) is 6.54 Å². The minimum atomic E-state index is -0.646. The Morgan fingerprint density at radius 2 is 1.79 bits per heavy atom. The van der Waals surface area contributed by atoms with Gasteiger partial charge in [0.25, 0.3) is 0 Å². The van der Waals surface area contributed by atoms with Gasteiger partial charge >= 0.3 is 5.91 Å². The largest absolute Gasteiger partial charge is 0.493 e. The SMILES string of the molecule is COc1cc(CCNC(=O)C#N)cc(OC)c1OC. The van der Waals surface area contributed by atoms with Gasteiger partial charge in [0.1, 0.15) is 0 Å². The van der Waals surface area contributed by atoms with E-state index >= 15 is 0 Å². The van der Waals surface area contributed by atoms with Gasteiger partial charge in [-0.2, -0.15) is 5.26 Å². The quantitative estimate of drug-likeness (QED) is 0.772. The van der Waals surface area contributed by atoms with Crippen LogP contribution in [0.25, 0.3) is 0 Å². The fraction of sp³-hybridized carbons (Fsp3) is 0.385. The first-order valence-corrected chi connectivity index (χ1v) is 5.63. The third kappa shape index (κ3) is 3.78. The summed E-state index contributed by atoms with van der Waals surface area (Å²) in [5.41, 5.74) is 0.910. The molecule has 0 heterocycles. The topological polar surface area (TPSA) is 80.6 Å². The first kappa shape index (κ1) is 14.6. The fourth-order valence-electron chi connectivity index (χ4n) is 1.64. The number of nitrogens with zero attached hydrogens (tertiary/aromatic N) is 1. The average molecular weight is 264 g/mol. The third-order valence-electron chi connectivity index (χ3n) is 2.53. The number of benzene rings is 1. The number of carbonyl (C=O) groups is 1. The molecule has 0 saturated heterocycles. The standard InChI is InChI=1S/C13H16N2O4/c1-17-10-6-9(4-5-15-12(16)8-14)7-11(18-2)13(10)19-3/h6-7H,4-5H2,1-3H3,(H,15,16). The molecule has 0 radical (unpaired) electrons. The van der Waals surface area contributed by atoms with Crippen molar-refractivity contribution >= 4 is 5.91 Å². The molecule has 0 aliphatic heterocycles. The second kappa shape index (κ2) is 7.11. The molecule has 1 aromatic carbocycles. The smallest absolute Gasteiger partial charge is 0.322 e. The first-order valence-electron chi connectivity index (χ1n) is 5.63. The maximum atomic E-state index is 10.8. The molecule has 0 fully saturated rings. The highest BCUT2D eigenvalue weighted by Crippen LogP contribution is 2.38. The normalized spacial score (nSPS) is 9.37. The Labute approximate surface area is 111 Å². The van der Waals surface area contributed by atoms with E-state index in [0.29, 0.717) is 30.2 Å². The summed E-state index contributed by atoms with van der Waals surface area (Å²) in [6.07, 6.45) is 0.560. The van der Waals surface area contributed by atoms with E-state index in [-0.39, 0.29) is 0 Å². The van der Waals surface area contributed by atoms with E-state index in [1.54, 1.807) is 26.4 Å². The lowest BCUT2D eigenvalue weighted by atomic mass is 10.1. The molecular weight excluding hydrogens is 248 g/mol. The summed E-state index contributed by atoms with van der Waals surface area (Å²) in [6, 6.07) is 5.11. The Morgan fingerprint density at radius 1 is 1.21 bits per heavy atom. The minimum absolute atomic E-state index is 0.366. The summed E-state index contributed by atoms with van der Waals surface area (Å²) in [5.74, 6) is 0.995. The van der Waals surface area contributed by atoms with Crippen LogP contribution in [0.5, 0.6) is 17.2 Å². The zero-order valence-corrected chi connectivity index (χ0v) is 11.1. The predicted molar refractivity (Wildman–Crippen MR) is 68.4 cm³/mol. The molecule has 0 atom stereocenters. The van der Waals surface area contributed by atoms with Crippen molar-refractivity contribution < 1.29 is 19.0 Å². The van der Waals surface area contributed by atoms with E-state index in [1.165, 1.54) is 13.2 Å². The van der Waals surface area contributed by atoms with Gasteiger partial charge in [0.2, 0.25) is 5.75 Å². The highest BCUT2D eigenvalue weighted by molar-refractivity contribution is 5.91. The number of hydrogen-bond donors (Lipinski definition) is 1. The summed E-state index contributed by atoms with van der Waals surface area (Å²) >= 11 is 0. The molecule has 0 aliphatic rings. The van der Waals surface area contributed by atoms with Crippen LogP contribution >= 0.6 is 0 Å². The van der Waals surface area contributed by atoms with E-state index in [1.807, 2.05) is 0 Å². The molecule has 6 nitrogen and oxygen atoms in total. The van der Waals surface area contributed by atoms with Crippen LogP contribution in [0.2, 0.25) is 0 Å². The van der Waals surface area contributed by atoms with Gasteiger partial charge in [0.05, 0.1) is 21.3 Å². The van der Waals surface area contributed by atoms with Crippen molar-refractivity contribution in [3.63, 3.8) is 0 Å². The molecule has 0 aromatic heterocycles. The zero-order valence-electron chi connectivity index (χ0n) is 11.1. The maximum absolute atomic E-state index is 10.8. The summed E-state index contributed by atoms with van der Waals surface area (Å²) in [6.45, 7) is 0.366. The average Bonchev–Trinajstić information content (AvgIpc) is 2.45. The molecule has 1 rings (SSSR count). The molecule has 1 N–H and O–H groups in total. The number of rotatable bonds is 6. The lowest BCUT2D eigenvalue weighted by molar-refractivity contribution is -0.115. The van der Waals surface area contributed by atoms with Gasteiger partial charge in [-0.15, -0.1) is 0 Å². The van der Waals surface area contributed by atoms with Gasteiger partial charge in [0.15, 0.2) is 17.6 Å². The van der Waals surface area contributed by atoms with Crippen LogP contribution in [0.1, 0.15) is 5.56 Å². The maximum Gasteiger partial charge on any atom is 0.322 e. The highest BCUT2D eigenvalue weighted by atomic mass is 16.5. The van der Waals surface area contributed by atoms with Crippen LogP contribution in [-0.2, 0) is 11.2 Å². The van der Waals surface area contributed by atoms with Gasteiger partial charge in [-0.1, -0.05) is 0 Å². The van der Waals surface area contributed by atoms with Crippen molar-refractivity contribution in [2.24, 2.45) is 0 Å². The molecule has 102 valence electrons. The summed E-state index contributed by atoms with van der Waals surface area (Å²) in [4.78, 5) is 10.8. The third-order valence-corrected chi connectivity index (χ3v) is 2.53. The van der Waals surface area contributed by atoms with Crippen molar-refractivity contribution in [1.82, 2.24) is 5.32 Å². The molecule has 0 unspecified atom stereocenters. The van der Waals surface area contributed by atoms with Crippen LogP contribution in [-0.4, -0.2) is 33.8 Å². The van der Waals surface area contributed by atoms with Crippen LogP contribution in [0.3, 0.4) is 0 Å². The lowest BCUT2D eigenvalue weighted by Crippen LogP contribution is -2.23. The Kier molecular flexibility index (Phi) is 5.48. The highest BCUT2D eigenvalue weighted by Gasteiger charge is 2.13. The molecule has 1 aromatic rings. The van der Waals surface area contributed by atoms with E-state index in [0.717, 1.165) is 5.56 Å². The van der Waals surface area contributed by atoms with Crippen LogP contribution in [0.15, 0.2) is 12.1 Å². The number of carbonyl (C=O) groups excluding carboxylic acids is 1.